The quantitative estimate of drug-likeness (QED) is 0.848. The zero-order chi connectivity index (χ0) is 11.8. The molecule has 1 atom stereocenters. The van der Waals surface area contributed by atoms with Crippen molar-refractivity contribution in [2.75, 3.05) is 6.54 Å². The Hall–Kier alpha value is -0.900. The molecular weight excluding hydrogens is 200 g/mol. The number of aromatic nitrogens is 3. The van der Waals surface area contributed by atoms with Gasteiger partial charge in [0, 0.05) is 18.5 Å². The van der Waals surface area contributed by atoms with Crippen molar-refractivity contribution in [2.45, 2.75) is 52.0 Å². The third-order valence-electron chi connectivity index (χ3n) is 3.05. The molecule has 1 aromatic rings. The highest BCUT2D eigenvalue weighted by molar-refractivity contribution is 5.03. The lowest BCUT2D eigenvalue weighted by atomic mass is 9.84. The number of hydrogen-bond donors (Lipinski definition) is 1. The van der Waals surface area contributed by atoms with Gasteiger partial charge in [0.15, 0.2) is 0 Å². The highest BCUT2D eigenvalue weighted by atomic mass is 15.3. The maximum Gasteiger partial charge on any atom is 0.137 e. The summed E-state index contributed by atoms with van der Waals surface area (Å²) in [6, 6.07) is 0.638. The predicted octanol–water partition coefficient (Wildman–Crippen LogP) is 2.09. The van der Waals surface area contributed by atoms with Gasteiger partial charge in [0.1, 0.15) is 12.2 Å². The van der Waals surface area contributed by atoms with Crippen LogP contribution in [0.4, 0.5) is 0 Å². The van der Waals surface area contributed by atoms with Gasteiger partial charge in [-0.05, 0) is 24.7 Å². The molecule has 0 radical (unpaired) electrons. The van der Waals surface area contributed by atoms with Gasteiger partial charge in [-0.25, -0.2) is 0 Å². The van der Waals surface area contributed by atoms with Gasteiger partial charge >= 0.3 is 0 Å². The molecule has 1 heterocycles. The first-order valence-electron chi connectivity index (χ1n) is 6.11. The van der Waals surface area contributed by atoms with E-state index in [0.29, 0.717) is 18.5 Å². The molecule has 4 nitrogen and oxygen atoms in total. The van der Waals surface area contributed by atoms with Gasteiger partial charge in [-0.1, -0.05) is 20.8 Å². The van der Waals surface area contributed by atoms with Crippen molar-refractivity contribution >= 4 is 0 Å². The maximum atomic E-state index is 5.88. The molecule has 0 aromatic carbocycles. The van der Waals surface area contributed by atoms with E-state index in [2.05, 4.69) is 35.5 Å². The lowest BCUT2D eigenvalue weighted by molar-refractivity contribution is 0.331. The third kappa shape index (κ3) is 2.61. The molecule has 0 bridgehead atoms. The molecule has 1 saturated carbocycles. The summed E-state index contributed by atoms with van der Waals surface area (Å²) in [6.07, 6.45) is 5.45. The molecule has 1 unspecified atom stereocenters. The molecule has 0 aliphatic heterocycles. The molecular formula is C12H22N4. The van der Waals surface area contributed by atoms with E-state index < -0.39 is 0 Å². The summed E-state index contributed by atoms with van der Waals surface area (Å²) in [5.41, 5.74) is 6.16. The molecule has 1 aliphatic carbocycles. The Kier molecular flexibility index (Phi) is 3.02. The Morgan fingerprint density at radius 3 is 2.69 bits per heavy atom. The van der Waals surface area contributed by atoms with E-state index in [1.807, 2.05) is 6.33 Å². The van der Waals surface area contributed by atoms with Crippen molar-refractivity contribution < 1.29 is 0 Å². The Morgan fingerprint density at radius 2 is 2.19 bits per heavy atom. The van der Waals surface area contributed by atoms with Crippen LogP contribution in [0.3, 0.4) is 0 Å². The lowest BCUT2D eigenvalue weighted by Gasteiger charge is -2.24. The number of nitrogens with zero attached hydrogens (tertiary/aromatic N) is 3. The van der Waals surface area contributed by atoms with Crippen LogP contribution < -0.4 is 5.73 Å². The van der Waals surface area contributed by atoms with Crippen molar-refractivity contribution in [3.05, 3.63) is 12.2 Å². The summed E-state index contributed by atoms with van der Waals surface area (Å²) in [5, 5.41) is 8.31. The fourth-order valence-electron chi connectivity index (χ4n) is 2.20. The summed E-state index contributed by atoms with van der Waals surface area (Å²) in [5.74, 6) is 1.42. The van der Waals surface area contributed by atoms with Crippen LogP contribution in [0.5, 0.6) is 0 Å². The normalized spacial score (nSPS) is 18.8. The molecule has 1 fully saturated rings. The molecule has 0 amide bonds. The zero-order valence-electron chi connectivity index (χ0n) is 10.5. The summed E-state index contributed by atoms with van der Waals surface area (Å²) in [4.78, 5) is 0. The molecule has 0 saturated heterocycles. The maximum absolute atomic E-state index is 5.88. The van der Waals surface area contributed by atoms with Crippen LogP contribution in [0.2, 0.25) is 0 Å². The first-order valence-corrected chi connectivity index (χ1v) is 6.11. The number of nitrogens with two attached hydrogens (primary N) is 1. The van der Waals surface area contributed by atoms with Crippen LogP contribution >= 0.6 is 0 Å². The van der Waals surface area contributed by atoms with Crippen LogP contribution in [0.1, 0.15) is 57.8 Å². The molecule has 1 aromatic heterocycles. The average molecular weight is 222 g/mol. The first-order chi connectivity index (χ1) is 7.51. The zero-order valence-corrected chi connectivity index (χ0v) is 10.5. The van der Waals surface area contributed by atoms with Crippen molar-refractivity contribution in [3.8, 4) is 0 Å². The standard InChI is InChI=1S/C12H22N4/c1-12(2,3)6-9(7-13)11-15-14-8-16(11)10-4-5-10/h8-10H,4-7,13H2,1-3H3. The van der Waals surface area contributed by atoms with Crippen LogP contribution in [0, 0.1) is 5.41 Å². The molecule has 0 spiro atoms. The molecule has 4 heteroatoms. The second-order valence-corrected chi connectivity index (χ2v) is 6.02. The van der Waals surface area contributed by atoms with Crippen LogP contribution in [0.25, 0.3) is 0 Å². The summed E-state index contributed by atoms with van der Waals surface area (Å²) < 4.78 is 2.23. The van der Waals surface area contributed by atoms with Gasteiger partial charge in [-0.15, -0.1) is 10.2 Å². The van der Waals surface area contributed by atoms with Crippen molar-refractivity contribution in [3.63, 3.8) is 0 Å². The third-order valence-corrected chi connectivity index (χ3v) is 3.05. The van der Waals surface area contributed by atoms with E-state index in [1.54, 1.807) is 0 Å². The Labute approximate surface area is 97.2 Å². The summed E-state index contributed by atoms with van der Waals surface area (Å²) >= 11 is 0. The van der Waals surface area contributed by atoms with E-state index in [1.165, 1.54) is 12.8 Å². The fourth-order valence-corrected chi connectivity index (χ4v) is 2.20. The van der Waals surface area contributed by atoms with E-state index in [-0.39, 0.29) is 5.41 Å². The SMILES string of the molecule is CC(C)(C)CC(CN)c1nncn1C1CC1. The van der Waals surface area contributed by atoms with Crippen LogP contribution in [-0.4, -0.2) is 21.3 Å². The predicted molar refractivity (Wildman–Crippen MR) is 64.2 cm³/mol. The van der Waals surface area contributed by atoms with Gasteiger partial charge < -0.3 is 10.3 Å². The van der Waals surface area contributed by atoms with Crippen LogP contribution in [-0.2, 0) is 0 Å². The van der Waals surface area contributed by atoms with Gasteiger partial charge in [0.25, 0.3) is 0 Å². The van der Waals surface area contributed by atoms with Gasteiger partial charge in [0.2, 0.25) is 0 Å². The van der Waals surface area contributed by atoms with Crippen molar-refractivity contribution in [1.29, 1.82) is 0 Å². The van der Waals surface area contributed by atoms with Crippen molar-refractivity contribution in [2.24, 2.45) is 11.1 Å². The van der Waals surface area contributed by atoms with Gasteiger partial charge in [-0.2, -0.15) is 0 Å². The first kappa shape index (κ1) is 11.6. The van der Waals surface area contributed by atoms with E-state index in [0.717, 1.165) is 12.2 Å². The monoisotopic (exact) mass is 222 g/mol. The molecule has 90 valence electrons. The Balaban J connectivity index is 2.16. The number of hydrogen-bond acceptors (Lipinski definition) is 3. The summed E-state index contributed by atoms with van der Waals surface area (Å²) in [6.45, 7) is 7.39. The molecule has 2 N–H and O–H groups in total. The average Bonchev–Trinajstić information content (AvgIpc) is 2.92. The molecule has 1 aliphatic rings. The second-order valence-electron chi connectivity index (χ2n) is 6.02. The highest BCUT2D eigenvalue weighted by Gasteiger charge is 2.30. The highest BCUT2D eigenvalue weighted by Crippen LogP contribution is 2.38. The minimum atomic E-state index is 0.282. The van der Waals surface area contributed by atoms with E-state index >= 15 is 0 Å². The summed E-state index contributed by atoms with van der Waals surface area (Å²) in [7, 11) is 0. The second kappa shape index (κ2) is 4.17. The number of rotatable bonds is 4. The molecule has 2 rings (SSSR count). The van der Waals surface area contributed by atoms with Gasteiger partial charge in [0.05, 0.1) is 0 Å². The largest absolute Gasteiger partial charge is 0.330 e. The fraction of sp³-hybridized carbons (Fsp3) is 0.833. The minimum absolute atomic E-state index is 0.282. The van der Waals surface area contributed by atoms with Crippen LogP contribution in [0.15, 0.2) is 6.33 Å². The lowest BCUT2D eigenvalue weighted by Crippen LogP contribution is -2.22. The van der Waals surface area contributed by atoms with E-state index in [4.69, 9.17) is 5.73 Å². The molecule has 16 heavy (non-hydrogen) atoms. The van der Waals surface area contributed by atoms with E-state index in [9.17, 15) is 0 Å². The van der Waals surface area contributed by atoms with Crippen molar-refractivity contribution in [1.82, 2.24) is 14.8 Å². The Bertz CT molecular complexity index is 346. The Morgan fingerprint density at radius 1 is 1.50 bits per heavy atom. The topological polar surface area (TPSA) is 56.7 Å². The minimum Gasteiger partial charge on any atom is -0.330 e. The van der Waals surface area contributed by atoms with Gasteiger partial charge in [-0.3, -0.25) is 0 Å². The smallest absolute Gasteiger partial charge is 0.137 e.